The summed E-state index contributed by atoms with van der Waals surface area (Å²) in [6, 6.07) is 9.72. The molecule has 0 saturated heterocycles. The molecule has 2 aromatic rings. The van der Waals surface area contributed by atoms with E-state index in [1.54, 1.807) is 6.07 Å². The summed E-state index contributed by atoms with van der Waals surface area (Å²) in [5.74, 6) is -1.72. The number of halogens is 3. The second kappa shape index (κ2) is 5.81. The van der Waals surface area contributed by atoms with Crippen LogP contribution < -0.4 is 11.1 Å². The van der Waals surface area contributed by atoms with E-state index in [-0.39, 0.29) is 5.56 Å². The van der Waals surface area contributed by atoms with Crippen LogP contribution in [-0.4, -0.2) is 5.91 Å². The molecular weight excluding hydrogens is 342 g/mol. The van der Waals surface area contributed by atoms with E-state index in [4.69, 9.17) is 5.73 Å². The highest BCUT2D eigenvalue weighted by molar-refractivity contribution is 9.10. The predicted molar refractivity (Wildman–Crippen MR) is 80.7 cm³/mol. The van der Waals surface area contributed by atoms with Crippen LogP contribution in [-0.2, 0) is 10.3 Å². The van der Waals surface area contributed by atoms with Crippen molar-refractivity contribution in [3.05, 3.63) is 64.1 Å². The Hall–Kier alpha value is -1.95. The number of hydrogen-bond donors (Lipinski definition) is 2. The molecule has 110 valence electrons. The lowest BCUT2D eigenvalue weighted by Crippen LogP contribution is -2.45. The molecule has 0 bridgehead atoms. The van der Waals surface area contributed by atoms with Gasteiger partial charge >= 0.3 is 0 Å². The zero-order chi connectivity index (χ0) is 15.6. The summed E-state index contributed by atoms with van der Waals surface area (Å²) in [5.41, 5.74) is 4.55. The molecule has 0 aliphatic rings. The summed E-state index contributed by atoms with van der Waals surface area (Å²) in [6.07, 6.45) is 0. The molecule has 0 fully saturated rings. The number of primary amides is 1. The highest BCUT2D eigenvalue weighted by Gasteiger charge is 2.35. The topological polar surface area (TPSA) is 55.1 Å². The number of nitrogens with one attached hydrogen (secondary N) is 1. The van der Waals surface area contributed by atoms with E-state index < -0.39 is 23.1 Å². The van der Waals surface area contributed by atoms with Gasteiger partial charge in [-0.05, 0) is 43.3 Å². The number of anilines is 1. The average Bonchev–Trinajstić information content (AvgIpc) is 2.41. The second-order valence-electron chi connectivity index (χ2n) is 4.75. The minimum absolute atomic E-state index is 0.113. The number of rotatable bonds is 4. The predicted octanol–water partition coefficient (Wildman–Crippen LogP) is 3.54. The van der Waals surface area contributed by atoms with Crippen LogP contribution in [0.5, 0.6) is 0 Å². The first-order valence-electron chi connectivity index (χ1n) is 6.12. The van der Waals surface area contributed by atoms with Gasteiger partial charge in [0.2, 0.25) is 5.91 Å². The zero-order valence-electron chi connectivity index (χ0n) is 11.2. The van der Waals surface area contributed by atoms with Crippen molar-refractivity contribution in [1.82, 2.24) is 0 Å². The first-order valence-corrected chi connectivity index (χ1v) is 6.91. The molecule has 2 aromatic carbocycles. The molecule has 2 rings (SSSR count). The van der Waals surface area contributed by atoms with Gasteiger partial charge in [-0.25, -0.2) is 8.78 Å². The molecule has 3 N–H and O–H groups in total. The Morgan fingerprint density at radius 1 is 1.19 bits per heavy atom. The highest BCUT2D eigenvalue weighted by Crippen LogP contribution is 2.29. The number of carbonyl (C=O) groups is 1. The summed E-state index contributed by atoms with van der Waals surface area (Å²) in [7, 11) is 0. The van der Waals surface area contributed by atoms with Crippen molar-refractivity contribution in [1.29, 1.82) is 0 Å². The van der Waals surface area contributed by atoms with Gasteiger partial charge in [0.25, 0.3) is 0 Å². The molecule has 1 amide bonds. The van der Waals surface area contributed by atoms with E-state index >= 15 is 0 Å². The summed E-state index contributed by atoms with van der Waals surface area (Å²) in [5, 5.41) is 2.86. The van der Waals surface area contributed by atoms with Crippen molar-refractivity contribution in [2.45, 2.75) is 12.5 Å². The Morgan fingerprint density at radius 2 is 1.81 bits per heavy atom. The van der Waals surface area contributed by atoms with Crippen LogP contribution in [0.1, 0.15) is 12.5 Å². The Bertz CT molecular complexity index is 676. The third kappa shape index (κ3) is 3.21. The Labute approximate surface area is 129 Å². The molecule has 0 aliphatic carbocycles. The molecule has 3 nitrogen and oxygen atoms in total. The van der Waals surface area contributed by atoms with Gasteiger partial charge < -0.3 is 11.1 Å². The van der Waals surface area contributed by atoms with Crippen LogP contribution in [0.3, 0.4) is 0 Å². The monoisotopic (exact) mass is 354 g/mol. The lowest BCUT2D eigenvalue weighted by Gasteiger charge is -2.29. The molecule has 0 spiro atoms. The molecule has 0 radical (unpaired) electrons. The number of carbonyl (C=O) groups excluding carboxylic acids is 1. The average molecular weight is 355 g/mol. The Kier molecular flexibility index (Phi) is 4.27. The van der Waals surface area contributed by atoms with E-state index in [1.807, 2.05) is 0 Å². The smallest absolute Gasteiger partial charge is 0.247 e. The molecular formula is C15H13BrF2N2O. The van der Waals surface area contributed by atoms with Crippen molar-refractivity contribution in [2.24, 2.45) is 5.73 Å². The number of benzene rings is 2. The van der Waals surface area contributed by atoms with E-state index in [0.29, 0.717) is 10.2 Å². The van der Waals surface area contributed by atoms with Crippen molar-refractivity contribution in [3.63, 3.8) is 0 Å². The van der Waals surface area contributed by atoms with Gasteiger partial charge in [0.1, 0.15) is 17.2 Å². The maximum Gasteiger partial charge on any atom is 0.247 e. The second-order valence-corrected chi connectivity index (χ2v) is 5.66. The van der Waals surface area contributed by atoms with Crippen molar-refractivity contribution in [2.75, 3.05) is 5.32 Å². The quantitative estimate of drug-likeness (QED) is 0.882. The van der Waals surface area contributed by atoms with Gasteiger partial charge in [0.05, 0.1) is 0 Å². The molecule has 1 unspecified atom stereocenters. The Balaban J connectivity index is 2.45. The van der Waals surface area contributed by atoms with Gasteiger partial charge in [-0.15, -0.1) is 0 Å². The van der Waals surface area contributed by atoms with Crippen LogP contribution in [0.4, 0.5) is 14.5 Å². The molecule has 0 heterocycles. The summed E-state index contributed by atoms with van der Waals surface area (Å²) >= 11 is 3.16. The summed E-state index contributed by atoms with van der Waals surface area (Å²) < 4.78 is 27.6. The first-order chi connectivity index (χ1) is 9.83. The minimum Gasteiger partial charge on any atom is -0.368 e. The van der Waals surface area contributed by atoms with E-state index in [1.165, 1.54) is 43.3 Å². The fraction of sp³-hybridized carbons (Fsp3) is 0.133. The maximum atomic E-state index is 14.1. The van der Waals surface area contributed by atoms with E-state index in [0.717, 1.165) is 0 Å². The van der Waals surface area contributed by atoms with E-state index in [2.05, 4.69) is 21.2 Å². The van der Waals surface area contributed by atoms with Crippen LogP contribution in [0, 0.1) is 11.6 Å². The van der Waals surface area contributed by atoms with Crippen LogP contribution in [0.15, 0.2) is 46.9 Å². The lowest BCUT2D eigenvalue weighted by atomic mass is 9.90. The van der Waals surface area contributed by atoms with Gasteiger partial charge in [0, 0.05) is 15.7 Å². The molecule has 0 saturated carbocycles. The minimum atomic E-state index is -1.46. The maximum absolute atomic E-state index is 14.1. The van der Waals surface area contributed by atoms with Crippen molar-refractivity contribution < 1.29 is 13.6 Å². The van der Waals surface area contributed by atoms with Gasteiger partial charge in [-0.2, -0.15) is 0 Å². The molecule has 21 heavy (non-hydrogen) atoms. The molecule has 0 aliphatic heterocycles. The molecule has 1 atom stereocenters. The van der Waals surface area contributed by atoms with Crippen molar-refractivity contribution in [3.8, 4) is 0 Å². The van der Waals surface area contributed by atoms with E-state index in [9.17, 15) is 13.6 Å². The third-order valence-corrected chi connectivity index (χ3v) is 3.69. The van der Waals surface area contributed by atoms with Gasteiger partial charge in [0.15, 0.2) is 0 Å². The number of hydrogen-bond acceptors (Lipinski definition) is 2. The Morgan fingerprint density at radius 3 is 2.33 bits per heavy atom. The number of nitrogens with two attached hydrogens (primary N) is 1. The zero-order valence-corrected chi connectivity index (χ0v) is 12.7. The third-order valence-electron chi connectivity index (χ3n) is 3.20. The summed E-state index contributed by atoms with van der Waals surface area (Å²) in [6.45, 7) is 1.48. The lowest BCUT2D eigenvalue weighted by molar-refractivity contribution is -0.122. The fourth-order valence-electron chi connectivity index (χ4n) is 1.98. The van der Waals surface area contributed by atoms with Crippen LogP contribution in [0.2, 0.25) is 0 Å². The summed E-state index contributed by atoms with van der Waals surface area (Å²) in [4.78, 5) is 11.8. The normalized spacial score (nSPS) is 13.5. The first kappa shape index (κ1) is 15.4. The SMILES string of the molecule is CC(Nc1ccc(F)cc1)(C(N)=O)c1ccc(Br)cc1F. The largest absolute Gasteiger partial charge is 0.368 e. The highest BCUT2D eigenvalue weighted by atomic mass is 79.9. The van der Waals surface area contributed by atoms with Crippen LogP contribution >= 0.6 is 15.9 Å². The van der Waals surface area contributed by atoms with Crippen LogP contribution in [0.25, 0.3) is 0 Å². The van der Waals surface area contributed by atoms with Gasteiger partial charge in [-0.1, -0.05) is 22.0 Å². The molecule has 6 heteroatoms. The van der Waals surface area contributed by atoms with Gasteiger partial charge in [-0.3, -0.25) is 4.79 Å². The fourth-order valence-corrected chi connectivity index (χ4v) is 2.31. The number of amides is 1. The standard InChI is InChI=1S/C15H13BrF2N2O/c1-15(14(19)21,12-7-2-9(16)8-13(12)18)20-11-5-3-10(17)4-6-11/h2-8,20H,1H3,(H2,19,21). The molecule has 0 aromatic heterocycles. The van der Waals surface area contributed by atoms with Crippen molar-refractivity contribution >= 4 is 27.5 Å².